The Labute approximate surface area is 152 Å². The van der Waals surface area contributed by atoms with E-state index in [-0.39, 0.29) is 12.4 Å². The molecule has 2 heterocycles. The van der Waals surface area contributed by atoms with Crippen LogP contribution in [0, 0.1) is 11.8 Å². The van der Waals surface area contributed by atoms with Crippen molar-refractivity contribution >= 4 is 18.3 Å². The number of amides is 1. The van der Waals surface area contributed by atoms with E-state index in [0.29, 0.717) is 18.2 Å². The van der Waals surface area contributed by atoms with Gasteiger partial charge in [-0.3, -0.25) is 4.79 Å². The maximum atomic E-state index is 12.7. The summed E-state index contributed by atoms with van der Waals surface area (Å²) in [4.78, 5) is 14.8. The van der Waals surface area contributed by atoms with Crippen LogP contribution in [0.1, 0.15) is 50.2 Å². The van der Waals surface area contributed by atoms with E-state index in [0.717, 1.165) is 44.4 Å². The third-order valence-electron chi connectivity index (χ3n) is 5.81. The Bertz CT molecular complexity index is 517. The molecule has 0 radical (unpaired) electrons. The van der Waals surface area contributed by atoms with Gasteiger partial charge in [0.1, 0.15) is 0 Å². The number of hydrogen-bond acceptors (Lipinski definition) is 2. The summed E-state index contributed by atoms with van der Waals surface area (Å²) < 4.78 is 0. The number of carbonyl (C=O) groups is 1. The lowest BCUT2D eigenvalue weighted by Crippen LogP contribution is -2.33. The van der Waals surface area contributed by atoms with Gasteiger partial charge in [-0.1, -0.05) is 38.1 Å². The van der Waals surface area contributed by atoms with E-state index in [4.69, 9.17) is 0 Å². The molecule has 0 aromatic heterocycles. The molecular weight excluding hydrogens is 320 g/mol. The van der Waals surface area contributed by atoms with Gasteiger partial charge in [-0.05, 0) is 61.2 Å². The predicted octanol–water partition coefficient (Wildman–Crippen LogP) is 3.62. The molecule has 0 aliphatic carbocycles. The van der Waals surface area contributed by atoms with Gasteiger partial charge in [-0.15, -0.1) is 12.4 Å². The summed E-state index contributed by atoms with van der Waals surface area (Å²) in [6, 6.07) is 8.76. The topological polar surface area (TPSA) is 32.3 Å². The van der Waals surface area contributed by atoms with Gasteiger partial charge in [0.15, 0.2) is 0 Å². The second-order valence-electron chi connectivity index (χ2n) is 7.34. The number of carbonyl (C=O) groups excluding carboxylic acids is 1. The highest BCUT2D eigenvalue weighted by molar-refractivity contribution is 5.85. The molecule has 1 N–H and O–H groups in total. The van der Waals surface area contributed by atoms with Crippen LogP contribution in [0.25, 0.3) is 0 Å². The van der Waals surface area contributed by atoms with Crippen LogP contribution in [-0.2, 0) is 11.2 Å². The van der Waals surface area contributed by atoms with Gasteiger partial charge in [0.25, 0.3) is 0 Å². The average molecular weight is 351 g/mol. The first-order valence-corrected chi connectivity index (χ1v) is 9.24. The molecule has 3 rings (SSSR count). The van der Waals surface area contributed by atoms with Gasteiger partial charge in [-0.2, -0.15) is 0 Å². The second-order valence-corrected chi connectivity index (χ2v) is 7.34. The minimum absolute atomic E-state index is 0. The molecule has 1 unspecified atom stereocenters. The molecular formula is C20H31ClN2O. The van der Waals surface area contributed by atoms with Crippen molar-refractivity contribution < 1.29 is 4.79 Å². The maximum absolute atomic E-state index is 12.7. The number of nitrogens with zero attached hydrogens (tertiary/aromatic N) is 1. The molecule has 1 aromatic rings. The number of halogens is 1. The summed E-state index contributed by atoms with van der Waals surface area (Å²) in [5.41, 5.74) is 2.64. The summed E-state index contributed by atoms with van der Waals surface area (Å²) in [6.07, 6.45) is 4.05. The largest absolute Gasteiger partial charge is 0.343 e. The lowest BCUT2D eigenvalue weighted by atomic mass is 9.92. The van der Waals surface area contributed by atoms with Crippen LogP contribution in [0.15, 0.2) is 24.3 Å². The Kier molecular flexibility index (Phi) is 7.12. The molecule has 0 spiro atoms. The van der Waals surface area contributed by atoms with E-state index < -0.39 is 0 Å². The van der Waals surface area contributed by atoms with E-state index in [2.05, 4.69) is 48.3 Å². The SMILES string of the molecule is CCc1ccc(C(C)CC(=O)N2CC[C@@H]3CNC[C@@H]3CC2)cc1.Cl. The number of fused-ring (bicyclic) bond motifs is 1. The molecule has 1 amide bonds. The summed E-state index contributed by atoms with van der Waals surface area (Å²) in [7, 11) is 0. The molecule has 3 nitrogen and oxygen atoms in total. The van der Waals surface area contributed by atoms with E-state index in [1.807, 2.05) is 0 Å². The van der Waals surface area contributed by atoms with Crippen molar-refractivity contribution in [3.8, 4) is 0 Å². The Morgan fingerprint density at radius 1 is 1.17 bits per heavy atom. The van der Waals surface area contributed by atoms with Crippen LogP contribution < -0.4 is 5.32 Å². The first kappa shape index (κ1) is 19.3. The molecule has 2 aliphatic heterocycles. The van der Waals surface area contributed by atoms with Crippen LogP contribution >= 0.6 is 12.4 Å². The highest BCUT2D eigenvalue weighted by Crippen LogP contribution is 2.28. The number of aryl methyl sites for hydroxylation is 1. The first-order valence-electron chi connectivity index (χ1n) is 9.24. The maximum Gasteiger partial charge on any atom is 0.223 e. The smallest absolute Gasteiger partial charge is 0.223 e. The fourth-order valence-corrected chi connectivity index (χ4v) is 4.06. The van der Waals surface area contributed by atoms with Gasteiger partial charge >= 0.3 is 0 Å². The number of benzene rings is 1. The van der Waals surface area contributed by atoms with E-state index in [1.54, 1.807) is 0 Å². The van der Waals surface area contributed by atoms with Crippen molar-refractivity contribution in [2.75, 3.05) is 26.2 Å². The quantitative estimate of drug-likeness (QED) is 0.899. The summed E-state index contributed by atoms with van der Waals surface area (Å²) >= 11 is 0. The molecule has 2 fully saturated rings. The zero-order valence-corrected chi connectivity index (χ0v) is 15.8. The first-order chi connectivity index (χ1) is 11.2. The van der Waals surface area contributed by atoms with Crippen LogP contribution in [-0.4, -0.2) is 37.0 Å². The second kappa shape index (κ2) is 8.87. The molecule has 2 aliphatic rings. The van der Waals surface area contributed by atoms with Crippen molar-refractivity contribution in [2.24, 2.45) is 11.8 Å². The van der Waals surface area contributed by atoms with Crippen molar-refractivity contribution in [1.29, 1.82) is 0 Å². The standard InChI is InChI=1S/C20H30N2O.ClH/c1-3-16-4-6-17(7-5-16)15(2)12-20(23)22-10-8-18-13-21-14-19(18)9-11-22;/h4-7,15,18-19,21H,3,8-14H2,1-2H3;1H/t15?,18-,19+;. The van der Waals surface area contributed by atoms with Crippen LogP contribution in [0.5, 0.6) is 0 Å². The molecule has 1 aromatic carbocycles. The Morgan fingerprint density at radius 3 is 2.29 bits per heavy atom. The van der Waals surface area contributed by atoms with Gasteiger partial charge in [-0.25, -0.2) is 0 Å². The monoisotopic (exact) mass is 350 g/mol. The van der Waals surface area contributed by atoms with Gasteiger partial charge in [0, 0.05) is 19.5 Å². The third-order valence-corrected chi connectivity index (χ3v) is 5.81. The van der Waals surface area contributed by atoms with Crippen molar-refractivity contribution in [3.63, 3.8) is 0 Å². The summed E-state index contributed by atoms with van der Waals surface area (Å²) in [5.74, 6) is 2.21. The highest BCUT2D eigenvalue weighted by atomic mass is 35.5. The number of likely N-dealkylation sites (tertiary alicyclic amines) is 1. The van der Waals surface area contributed by atoms with Gasteiger partial charge < -0.3 is 10.2 Å². The van der Waals surface area contributed by atoms with Crippen LogP contribution in [0.4, 0.5) is 0 Å². The minimum atomic E-state index is 0. The Hall–Kier alpha value is -1.06. The normalized spacial score (nSPS) is 24.7. The number of hydrogen-bond donors (Lipinski definition) is 1. The molecule has 134 valence electrons. The number of nitrogens with one attached hydrogen (secondary N) is 1. The molecule has 24 heavy (non-hydrogen) atoms. The zero-order chi connectivity index (χ0) is 16.2. The van der Waals surface area contributed by atoms with Gasteiger partial charge in [0.05, 0.1) is 0 Å². The van der Waals surface area contributed by atoms with Crippen LogP contribution in [0.3, 0.4) is 0 Å². The van der Waals surface area contributed by atoms with E-state index in [1.165, 1.54) is 24.0 Å². The summed E-state index contributed by atoms with van der Waals surface area (Å²) in [6.45, 7) is 8.54. The third kappa shape index (κ3) is 4.52. The molecule has 0 bridgehead atoms. The van der Waals surface area contributed by atoms with Crippen molar-refractivity contribution in [1.82, 2.24) is 10.2 Å². The Morgan fingerprint density at radius 2 is 1.75 bits per heavy atom. The van der Waals surface area contributed by atoms with E-state index in [9.17, 15) is 4.79 Å². The average Bonchev–Trinajstić information content (AvgIpc) is 2.93. The summed E-state index contributed by atoms with van der Waals surface area (Å²) in [5, 5.41) is 3.50. The predicted molar refractivity (Wildman–Crippen MR) is 102 cm³/mol. The molecule has 0 saturated carbocycles. The lowest BCUT2D eigenvalue weighted by molar-refractivity contribution is -0.131. The zero-order valence-electron chi connectivity index (χ0n) is 15.0. The van der Waals surface area contributed by atoms with E-state index >= 15 is 0 Å². The lowest BCUT2D eigenvalue weighted by Gasteiger charge is -2.23. The Balaban J connectivity index is 0.00000208. The number of rotatable bonds is 4. The molecule has 3 atom stereocenters. The fraction of sp³-hybridized carbons (Fsp3) is 0.650. The molecule has 4 heteroatoms. The fourth-order valence-electron chi connectivity index (χ4n) is 4.06. The molecule has 2 saturated heterocycles. The highest BCUT2D eigenvalue weighted by Gasteiger charge is 2.31. The van der Waals surface area contributed by atoms with Gasteiger partial charge in [0.2, 0.25) is 5.91 Å². The minimum Gasteiger partial charge on any atom is -0.343 e. The van der Waals surface area contributed by atoms with Crippen molar-refractivity contribution in [2.45, 2.75) is 45.4 Å². The van der Waals surface area contributed by atoms with Crippen LogP contribution in [0.2, 0.25) is 0 Å². The van der Waals surface area contributed by atoms with Crippen molar-refractivity contribution in [3.05, 3.63) is 35.4 Å².